The topological polar surface area (TPSA) is 103 Å². The third-order valence-corrected chi connectivity index (χ3v) is 3.53. The molecular formula is C16H23F7N2O6. The van der Waals surface area contributed by atoms with E-state index in [0.29, 0.717) is 0 Å². The number of ether oxygens (including phenoxy) is 3. The lowest BCUT2D eigenvalue weighted by Gasteiger charge is -2.28. The summed E-state index contributed by atoms with van der Waals surface area (Å²) in [7, 11) is 0. The van der Waals surface area contributed by atoms with Gasteiger partial charge in [0.05, 0.1) is 13.2 Å². The lowest BCUT2D eigenvalue weighted by atomic mass is 10.1. The van der Waals surface area contributed by atoms with Crippen molar-refractivity contribution in [3.05, 3.63) is 0 Å². The van der Waals surface area contributed by atoms with E-state index in [1.54, 1.807) is 6.92 Å². The number of hydrogen-bond acceptors (Lipinski definition) is 6. The summed E-state index contributed by atoms with van der Waals surface area (Å²) in [6, 6.07) is -1.67. The highest BCUT2D eigenvalue weighted by atomic mass is 19.4. The van der Waals surface area contributed by atoms with Crippen molar-refractivity contribution >= 4 is 18.2 Å². The minimum Gasteiger partial charge on any atom is -0.457 e. The van der Waals surface area contributed by atoms with E-state index in [1.807, 2.05) is 5.32 Å². The van der Waals surface area contributed by atoms with Gasteiger partial charge in [-0.15, -0.1) is 0 Å². The maximum Gasteiger partial charge on any atom is 0.460 e. The summed E-state index contributed by atoms with van der Waals surface area (Å²) in [6.07, 6.45) is -8.42. The molecule has 31 heavy (non-hydrogen) atoms. The number of esters is 1. The van der Waals surface area contributed by atoms with Crippen molar-refractivity contribution in [2.24, 2.45) is 0 Å². The Hall–Kier alpha value is -2.48. The first-order valence-corrected chi connectivity index (χ1v) is 9.02. The quantitative estimate of drug-likeness (QED) is 0.195. The molecule has 0 aliphatic carbocycles. The Balaban J connectivity index is 4.91. The van der Waals surface area contributed by atoms with E-state index in [-0.39, 0.29) is 39.0 Å². The molecule has 0 aromatic rings. The summed E-state index contributed by atoms with van der Waals surface area (Å²) in [5.41, 5.74) is 0. The molecule has 2 N–H and O–H groups in total. The van der Waals surface area contributed by atoms with Gasteiger partial charge in [0, 0.05) is 6.54 Å². The van der Waals surface area contributed by atoms with E-state index in [0.717, 1.165) is 0 Å². The number of alkyl carbamates (subject to hydrolysis) is 2. The van der Waals surface area contributed by atoms with Gasteiger partial charge in [0.2, 0.25) is 0 Å². The Morgan fingerprint density at radius 2 is 1.39 bits per heavy atom. The molecule has 0 aromatic carbocycles. The summed E-state index contributed by atoms with van der Waals surface area (Å²) < 4.78 is 102. The summed E-state index contributed by atoms with van der Waals surface area (Å²) in [5.74, 6) is -13.8. The van der Waals surface area contributed by atoms with Crippen LogP contribution in [0, 0.1) is 0 Å². The molecule has 0 aliphatic heterocycles. The first kappa shape index (κ1) is 28.5. The standard InChI is InChI=1S/C16H23F7N2O6/c1-3-29-12(27)24-8-6-5-7-10(25-13(28)30-4-2)11(26)31-9-14(17,18)15(19,20)16(21,22)23/h10H,3-9H2,1-2H3,(H,24,27)(H,25,28)/t10-/m0/s1. The summed E-state index contributed by atoms with van der Waals surface area (Å²) in [6.45, 7) is 0.493. The van der Waals surface area contributed by atoms with Crippen LogP contribution < -0.4 is 10.6 Å². The van der Waals surface area contributed by atoms with Crippen LogP contribution in [0.3, 0.4) is 0 Å². The van der Waals surface area contributed by atoms with Crippen LogP contribution in [0.4, 0.5) is 40.3 Å². The lowest BCUT2D eigenvalue weighted by molar-refractivity contribution is -0.359. The zero-order chi connectivity index (χ0) is 24.3. The van der Waals surface area contributed by atoms with Crippen LogP contribution in [0.5, 0.6) is 0 Å². The number of amides is 2. The van der Waals surface area contributed by atoms with Crippen molar-refractivity contribution in [2.75, 3.05) is 26.4 Å². The average molecular weight is 472 g/mol. The molecule has 0 saturated carbocycles. The number of halogens is 7. The van der Waals surface area contributed by atoms with Gasteiger partial charge in [-0.2, -0.15) is 30.7 Å². The van der Waals surface area contributed by atoms with E-state index in [4.69, 9.17) is 0 Å². The van der Waals surface area contributed by atoms with Crippen molar-refractivity contribution in [3.8, 4) is 0 Å². The van der Waals surface area contributed by atoms with Crippen LogP contribution in [-0.4, -0.2) is 68.6 Å². The normalized spacial score (nSPS) is 13.2. The summed E-state index contributed by atoms with van der Waals surface area (Å²) in [4.78, 5) is 34.5. The minimum atomic E-state index is -6.57. The van der Waals surface area contributed by atoms with Crippen molar-refractivity contribution in [2.45, 2.75) is 57.2 Å². The van der Waals surface area contributed by atoms with Gasteiger partial charge in [0.1, 0.15) is 6.04 Å². The highest BCUT2D eigenvalue weighted by Crippen LogP contribution is 2.46. The molecule has 0 fully saturated rings. The molecule has 0 bridgehead atoms. The zero-order valence-corrected chi connectivity index (χ0v) is 16.6. The van der Waals surface area contributed by atoms with Gasteiger partial charge in [-0.1, -0.05) is 0 Å². The average Bonchev–Trinajstić information content (AvgIpc) is 2.64. The number of unbranched alkanes of at least 4 members (excludes halogenated alkanes) is 1. The second kappa shape index (κ2) is 12.4. The fraction of sp³-hybridized carbons (Fsp3) is 0.812. The first-order chi connectivity index (χ1) is 14.2. The van der Waals surface area contributed by atoms with Crippen molar-refractivity contribution in [3.63, 3.8) is 0 Å². The predicted octanol–water partition coefficient (Wildman–Crippen LogP) is 3.39. The molecule has 0 unspecified atom stereocenters. The van der Waals surface area contributed by atoms with Gasteiger partial charge in [-0.25, -0.2) is 14.4 Å². The SMILES string of the molecule is CCOC(=O)NCCCC[C@H](NC(=O)OCC)C(=O)OCC(F)(F)C(F)(F)C(F)(F)F. The molecule has 0 heterocycles. The Labute approximate surface area is 172 Å². The molecule has 182 valence electrons. The van der Waals surface area contributed by atoms with Crippen LogP contribution in [0.15, 0.2) is 0 Å². The van der Waals surface area contributed by atoms with Crippen LogP contribution in [0.2, 0.25) is 0 Å². The Morgan fingerprint density at radius 1 is 0.839 bits per heavy atom. The minimum absolute atomic E-state index is 0.0792. The lowest BCUT2D eigenvalue weighted by Crippen LogP contribution is -2.55. The number of hydrogen-bond donors (Lipinski definition) is 2. The largest absolute Gasteiger partial charge is 0.460 e. The number of alkyl halides is 7. The molecular weight excluding hydrogens is 449 g/mol. The summed E-state index contributed by atoms with van der Waals surface area (Å²) >= 11 is 0. The molecule has 1 atom stereocenters. The third kappa shape index (κ3) is 9.46. The van der Waals surface area contributed by atoms with E-state index < -0.39 is 48.8 Å². The fourth-order valence-corrected chi connectivity index (χ4v) is 1.97. The highest BCUT2D eigenvalue weighted by Gasteiger charge is 2.73. The molecule has 0 rings (SSSR count). The van der Waals surface area contributed by atoms with Gasteiger partial charge in [0.15, 0.2) is 6.61 Å². The van der Waals surface area contributed by atoms with Crippen LogP contribution in [0.25, 0.3) is 0 Å². The molecule has 0 radical (unpaired) electrons. The van der Waals surface area contributed by atoms with Crippen molar-refractivity contribution in [1.29, 1.82) is 0 Å². The molecule has 2 amide bonds. The van der Waals surface area contributed by atoms with E-state index in [1.165, 1.54) is 6.92 Å². The first-order valence-electron chi connectivity index (χ1n) is 9.02. The molecule has 0 aromatic heterocycles. The Kier molecular flexibility index (Phi) is 11.4. The summed E-state index contributed by atoms with van der Waals surface area (Å²) in [5, 5.41) is 4.29. The van der Waals surface area contributed by atoms with Gasteiger partial charge < -0.3 is 24.8 Å². The second-order valence-corrected chi connectivity index (χ2v) is 5.94. The van der Waals surface area contributed by atoms with E-state index in [9.17, 15) is 45.1 Å². The van der Waals surface area contributed by atoms with Gasteiger partial charge in [0.25, 0.3) is 0 Å². The fourth-order valence-electron chi connectivity index (χ4n) is 1.97. The monoisotopic (exact) mass is 472 g/mol. The molecule has 15 heteroatoms. The molecule has 0 saturated heterocycles. The number of rotatable bonds is 12. The van der Waals surface area contributed by atoms with E-state index in [2.05, 4.69) is 19.5 Å². The molecule has 0 aliphatic rings. The highest BCUT2D eigenvalue weighted by molar-refractivity contribution is 5.81. The van der Waals surface area contributed by atoms with Crippen LogP contribution in [0.1, 0.15) is 33.1 Å². The van der Waals surface area contributed by atoms with Crippen LogP contribution >= 0.6 is 0 Å². The number of carbonyl (C=O) groups excluding carboxylic acids is 3. The van der Waals surface area contributed by atoms with Crippen molar-refractivity contribution in [1.82, 2.24) is 10.6 Å². The smallest absolute Gasteiger partial charge is 0.457 e. The zero-order valence-electron chi connectivity index (χ0n) is 16.6. The maximum atomic E-state index is 13.3. The Morgan fingerprint density at radius 3 is 1.90 bits per heavy atom. The van der Waals surface area contributed by atoms with Gasteiger partial charge >= 0.3 is 36.2 Å². The van der Waals surface area contributed by atoms with Crippen LogP contribution in [-0.2, 0) is 19.0 Å². The number of nitrogens with one attached hydrogen (secondary N) is 2. The second-order valence-electron chi connectivity index (χ2n) is 5.94. The van der Waals surface area contributed by atoms with Crippen molar-refractivity contribution < 1.29 is 59.3 Å². The molecule has 8 nitrogen and oxygen atoms in total. The predicted molar refractivity (Wildman–Crippen MR) is 89.7 cm³/mol. The maximum absolute atomic E-state index is 13.3. The third-order valence-electron chi connectivity index (χ3n) is 3.53. The van der Waals surface area contributed by atoms with Gasteiger partial charge in [-0.3, -0.25) is 0 Å². The van der Waals surface area contributed by atoms with E-state index >= 15 is 0 Å². The number of carbonyl (C=O) groups is 3. The molecule has 0 spiro atoms. The Bertz CT molecular complexity index is 601. The van der Waals surface area contributed by atoms with Gasteiger partial charge in [-0.05, 0) is 33.1 Å².